The van der Waals surface area contributed by atoms with Crippen molar-refractivity contribution in [2.75, 3.05) is 0 Å². The molecular weight excluding hydrogens is 126 g/mol. The summed E-state index contributed by atoms with van der Waals surface area (Å²) in [5.41, 5.74) is 0. The molecule has 0 saturated carbocycles. The van der Waals surface area contributed by atoms with Crippen molar-refractivity contribution in [3.05, 3.63) is 0 Å². The fraction of sp³-hybridized carbons (Fsp3) is 0. The van der Waals surface area contributed by atoms with E-state index in [0.717, 1.165) is 0 Å². The molecule has 46 valence electrons. The molecule has 0 spiro atoms. The SMILES string of the molecule is NO.O=S(=O)([O-])O.[H+]. The minimum Gasteiger partial charge on any atom is -0.726 e. The van der Waals surface area contributed by atoms with Crippen LogP contribution >= 0.6 is 0 Å². The molecule has 0 aromatic carbocycles. The maximum atomic E-state index is 8.63. The normalized spacial score (nSPS) is 9.14. The summed E-state index contributed by atoms with van der Waals surface area (Å²) in [6, 6.07) is 0. The van der Waals surface area contributed by atoms with Crippen molar-refractivity contribution in [3.8, 4) is 0 Å². The zero-order valence-electron chi connectivity index (χ0n) is 4.10. The van der Waals surface area contributed by atoms with Gasteiger partial charge in [-0.1, -0.05) is 0 Å². The Bertz CT molecular complexity index is 95.6. The lowest BCUT2D eigenvalue weighted by Crippen LogP contribution is -1.90. The highest BCUT2D eigenvalue weighted by molar-refractivity contribution is 7.79. The Kier molecular flexibility index (Phi) is 5.62. The molecule has 0 aliphatic heterocycles. The number of hydrogen-bond donors (Lipinski definition) is 3. The first-order valence-electron chi connectivity index (χ1n) is 0.941. The lowest BCUT2D eigenvalue weighted by Gasteiger charge is -1.88. The molecule has 7 heavy (non-hydrogen) atoms. The van der Waals surface area contributed by atoms with Crippen molar-refractivity contribution in [2.45, 2.75) is 0 Å². The van der Waals surface area contributed by atoms with Gasteiger partial charge in [0.15, 0.2) is 0 Å². The summed E-state index contributed by atoms with van der Waals surface area (Å²) in [5.74, 6) is 3.50. The second-order valence-electron chi connectivity index (χ2n) is 0.428. The van der Waals surface area contributed by atoms with Gasteiger partial charge in [-0.3, -0.25) is 4.55 Å². The Morgan fingerprint density at radius 2 is 1.57 bits per heavy atom. The molecule has 7 heteroatoms. The van der Waals surface area contributed by atoms with E-state index in [4.69, 9.17) is 22.7 Å². The summed E-state index contributed by atoms with van der Waals surface area (Å²) < 4.78 is 32.8. The summed E-state index contributed by atoms with van der Waals surface area (Å²) in [4.78, 5) is 0. The molecule has 4 N–H and O–H groups in total. The van der Waals surface area contributed by atoms with E-state index in [0.29, 0.717) is 0 Å². The van der Waals surface area contributed by atoms with Gasteiger partial charge in [-0.25, -0.2) is 14.3 Å². The van der Waals surface area contributed by atoms with Gasteiger partial charge in [-0.05, 0) is 0 Å². The van der Waals surface area contributed by atoms with Gasteiger partial charge in [-0.15, -0.1) is 0 Å². The van der Waals surface area contributed by atoms with Crippen LogP contribution in [0.2, 0.25) is 0 Å². The van der Waals surface area contributed by atoms with E-state index >= 15 is 0 Å². The lowest BCUT2D eigenvalue weighted by molar-refractivity contribution is 0.311. The van der Waals surface area contributed by atoms with Crippen LogP contribution in [0.3, 0.4) is 0 Å². The third kappa shape index (κ3) is 1890. The molecular formula is H5NO5S. The zero-order chi connectivity index (χ0) is 6.50. The van der Waals surface area contributed by atoms with Gasteiger partial charge in [-0.2, -0.15) is 0 Å². The largest absolute Gasteiger partial charge is 1.00 e. The van der Waals surface area contributed by atoms with Crippen LogP contribution in [0.4, 0.5) is 0 Å². The van der Waals surface area contributed by atoms with Gasteiger partial charge in [0, 0.05) is 0 Å². The summed E-state index contributed by atoms with van der Waals surface area (Å²) >= 11 is 0. The monoisotopic (exact) mass is 131 g/mol. The molecule has 0 heterocycles. The molecule has 0 bridgehead atoms. The molecule has 0 atom stereocenters. The van der Waals surface area contributed by atoms with Crippen molar-refractivity contribution in [3.63, 3.8) is 0 Å². The minimum atomic E-state index is -4.92. The summed E-state index contributed by atoms with van der Waals surface area (Å²) in [5, 5.41) is 6.50. The highest BCUT2D eigenvalue weighted by atomic mass is 32.3. The first kappa shape index (κ1) is 9.92. The van der Waals surface area contributed by atoms with Crippen molar-refractivity contribution in [1.29, 1.82) is 0 Å². The van der Waals surface area contributed by atoms with Gasteiger partial charge < -0.3 is 9.76 Å². The standard InChI is InChI=1S/H3NO.H2O4S/c1-2;1-5(2,3)4/h2H,1H2;(H2,1,2,3,4). The Balaban J connectivity index is -0.0000000750. The Hall–Kier alpha value is -0.210. The van der Waals surface area contributed by atoms with Crippen molar-refractivity contribution in [2.24, 2.45) is 5.90 Å². The Morgan fingerprint density at radius 1 is 1.57 bits per heavy atom. The molecule has 0 aliphatic carbocycles. The van der Waals surface area contributed by atoms with Crippen LogP contribution in [0, 0.1) is 0 Å². The molecule has 0 aliphatic rings. The first-order chi connectivity index (χ1) is 3.00. The molecule has 0 fully saturated rings. The van der Waals surface area contributed by atoms with E-state index in [1.807, 2.05) is 0 Å². The van der Waals surface area contributed by atoms with Crippen molar-refractivity contribution < 1.29 is 24.2 Å². The number of hydrogen-bond acceptors (Lipinski definition) is 5. The minimum absolute atomic E-state index is 0. The Labute approximate surface area is 41.6 Å². The zero-order valence-corrected chi connectivity index (χ0v) is 3.92. The summed E-state index contributed by atoms with van der Waals surface area (Å²) in [7, 11) is -4.92. The summed E-state index contributed by atoms with van der Waals surface area (Å²) in [6.45, 7) is 0. The quantitative estimate of drug-likeness (QED) is 0.208. The van der Waals surface area contributed by atoms with E-state index in [2.05, 4.69) is 5.90 Å². The van der Waals surface area contributed by atoms with E-state index in [1.54, 1.807) is 0 Å². The fourth-order valence-electron chi connectivity index (χ4n) is 0. The smallest absolute Gasteiger partial charge is 0.726 e. The second kappa shape index (κ2) is 3.96. The average molecular weight is 131 g/mol. The van der Waals surface area contributed by atoms with Crippen molar-refractivity contribution in [1.82, 2.24) is 0 Å². The van der Waals surface area contributed by atoms with Crippen LogP contribution in [0.1, 0.15) is 1.43 Å². The molecule has 0 radical (unpaired) electrons. The van der Waals surface area contributed by atoms with Gasteiger partial charge in [0.05, 0.1) is 0 Å². The van der Waals surface area contributed by atoms with E-state index in [1.165, 1.54) is 0 Å². The Morgan fingerprint density at radius 3 is 1.57 bits per heavy atom. The maximum Gasteiger partial charge on any atom is 1.00 e. The molecule has 0 amide bonds. The van der Waals surface area contributed by atoms with E-state index < -0.39 is 10.4 Å². The van der Waals surface area contributed by atoms with Crippen molar-refractivity contribution >= 4 is 10.4 Å². The van der Waals surface area contributed by atoms with Crippen LogP contribution in [0.25, 0.3) is 0 Å². The predicted octanol–water partition coefficient (Wildman–Crippen LogP) is -1.55. The highest BCUT2D eigenvalue weighted by Gasteiger charge is 1.67. The van der Waals surface area contributed by atoms with Crippen LogP contribution < -0.4 is 5.90 Å². The van der Waals surface area contributed by atoms with Crippen LogP contribution in [-0.4, -0.2) is 22.7 Å². The maximum absolute atomic E-state index is 8.63. The summed E-state index contributed by atoms with van der Waals surface area (Å²) in [6.07, 6.45) is 0. The second-order valence-corrected chi connectivity index (χ2v) is 1.28. The third-order valence-corrected chi connectivity index (χ3v) is 0. The van der Waals surface area contributed by atoms with E-state index in [9.17, 15) is 0 Å². The van der Waals surface area contributed by atoms with Crippen LogP contribution in [-0.2, 0) is 10.4 Å². The molecule has 0 saturated heterocycles. The predicted molar refractivity (Wildman–Crippen MR) is 19.4 cm³/mol. The average Bonchev–Trinajstić information content (AvgIpc) is 1.36. The van der Waals surface area contributed by atoms with E-state index in [-0.39, 0.29) is 1.43 Å². The molecule has 6 nitrogen and oxygen atoms in total. The lowest BCUT2D eigenvalue weighted by atomic mass is 13.6. The third-order valence-electron chi connectivity index (χ3n) is 0. The first-order valence-corrected chi connectivity index (χ1v) is 2.31. The molecule has 0 aromatic rings. The molecule has 0 aromatic heterocycles. The molecule has 0 rings (SSSR count). The molecule has 0 unspecified atom stereocenters. The van der Waals surface area contributed by atoms with Gasteiger partial charge >= 0.3 is 1.43 Å². The van der Waals surface area contributed by atoms with Crippen LogP contribution in [0.5, 0.6) is 0 Å². The highest BCUT2D eigenvalue weighted by Crippen LogP contribution is 1.58. The van der Waals surface area contributed by atoms with Gasteiger partial charge in [0.2, 0.25) is 10.4 Å². The topological polar surface area (TPSA) is 124 Å². The number of rotatable bonds is 0. The van der Waals surface area contributed by atoms with Gasteiger partial charge in [0.1, 0.15) is 0 Å². The number of nitrogens with two attached hydrogens (primary N) is 1. The van der Waals surface area contributed by atoms with Crippen LogP contribution in [0.15, 0.2) is 0 Å². The fourth-order valence-corrected chi connectivity index (χ4v) is 0. The van der Waals surface area contributed by atoms with Gasteiger partial charge in [0.25, 0.3) is 0 Å².